The fourth-order valence-electron chi connectivity index (χ4n) is 3.34. The molecule has 0 amide bonds. The van der Waals surface area contributed by atoms with Crippen LogP contribution in [0.4, 0.5) is 10.2 Å². The molecule has 3 heterocycles. The van der Waals surface area contributed by atoms with Crippen molar-refractivity contribution < 1.29 is 9.13 Å². The summed E-state index contributed by atoms with van der Waals surface area (Å²) in [4.78, 5) is 20.2. The molecule has 4 rings (SSSR count). The Hall–Kier alpha value is -3.71. The third-order valence-electron chi connectivity index (χ3n) is 4.70. The molecule has 1 unspecified atom stereocenters. The number of nitrogens with one attached hydrogen (secondary N) is 2. The summed E-state index contributed by atoms with van der Waals surface area (Å²) in [6.45, 7) is 3.99. The Labute approximate surface area is 183 Å². The lowest BCUT2D eigenvalue weighted by molar-refractivity contribution is 0.335. The number of imidazole rings is 1. The van der Waals surface area contributed by atoms with Gasteiger partial charge in [0.15, 0.2) is 17.3 Å². The maximum Gasteiger partial charge on any atom is 0.162 e. The molecule has 156 valence electrons. The van der Waals surface area contributed by atoms with E-state index in [2.05, 4.69) is 42.9 Å². The SMILES string of the molecule is CCOc1c(C(C)Nc2ncnc3[nH]cnc23)cc(C#N)c(F)c1-c1cncc(S)c1. The number of hydrogen-bond donors (Lipinski definition) is 3. The topological polar surface area (TPSA) is 112 Å². The second kappa shape index (κ2) is 8.57. The fraction of sp³-hybridized carbons (Fsp3) is 0.190. The summed E-state index contributed by atoms with van der Waals surface area (Å²) in [5.41, 5.74) is 2.29. The van der Waals surface area contributed by atoms with E-state index in [1.54, 1.807) is 12.3 Å². The number of aromatic amines is 1. The molecule has 10 heteroatoms. The Kier molecular flexibility index (Phi) is 5.68. The molecule has 0 spiro atoms. The van der Waals surface area contributed by atoms with Crippen LogP contribution in [-0.2, 0) is 0 Å². The van der Waals surface area contributed by atoms with Crippen molar-refractivity contribution in [3.8, 4) is 22.9 Å². The van der Waals surface area contributed by atoms with E-state index in [1.165, 1.54) is 24.9 Å². The molecular formula is C21H18FN7OS. The van der Waals surface area contributed by atoms with Gasteiger partial charge in [-0.2, -0.15) is 5.26 Å². The molecule has 0 aliphatic carbocycles. The van der Waals surface area contributed by atoms with Gasteiger partial charge in [0.25, 0.3) is 0 Å². The molecule has 1 atom stereocenters. The molecule has 3 aromatic heterocycles. The number of nitriles is 1. The summed E-state index contributed by atoms with van der Waals surface area (Å²) in [5.74, 6) is 0.163. The van der Waals surface area contributed by atoms with Crippen LogP contribution in [-0.4, -0.2) is 31.5 Å². The quantitative estimate of drug-likeness (QED) is 0.387. The fourth-order valence-corrected chi connectivity index (χ4v) is 3.55. The molecule has 1 aromatic carbocycles. The Morgan fingerprint density at radius 1 is 1.29 bits per heavy atom. The number of anilines is 1. The number of nitrogens with zero attached hydrogens (tertiary/aromatic N) is 5. The van der Waals surface area contributed by atoms with Crippen molar-refractivity contribution in [3.05, 3.63) is 54.1 Å². The summed E-state index contributed by atoms with van der Waals surface area (Å²) in [5, 5.41) is 12.8. The summed E-state index contributed by atoms with van der Waals surface area (Å²) in [6, 6.07) is 4.71. The van der Waals surface area contributed by atoms with Gasteiger partial charge in [-0.05, 0) is 26.0 Å². The predicted octanol–water partition coefficient (Wildman–Crippen LogP) is 4.29. The van der Waals surface area contributed by atoms with Gasteiger partial charge < -0.3 is 15.0 Å². The van der Waals surface area contributed by atoms with E-state index in [9.17, 15) is 5.26 Å². The van der Waals surface area contributed by atoms with E-state index in [4.69, 9.17) is 4.74 Å². The highest BCUT2D eigenvalue weighted by atomic mass is 32.1. The van der Waals surface area contributed by atoms with Gasteiger partial charge >= 0.3 is 0 Å². The number of benzene rings is 1. The number of halogens is 1. The largest absolute Gasteiger partial charge is 0.493 e. The normalized spacial score (nSPS) is 11.8. The van der Waals surface area contributed by atoms with E-state index in [0.717, 1.165) is 0 Å². The van der Waals surface area contributed by atoms with Crippen molar-refractivity contribution in [2.45, 2.75) is 24.8 Å². The van der Waals surface area contributed by atoms with Crippen LogP contribution in [0.2, 0.25) is 0 Å². The van der Waals surface area contributed by atoms with Crippen molar-refractivity contribution in [1.82, 2.24) is 24.9 Å². The molecule has 0 fully saturated rings. The van der Waals surface area contributed by atoms with Crippen molar-refractivity contribution >= 4 is 29.6 Å². The molecule has 4 aromatic rings. The molecule has 0 radical (unpaired) electrons. The first kappa shape index (κ1) is 20.6. The highest BCUT2D eigenvalue weighted by Crippen LogP contribution is 2.41. The molecular weight excluding hydrogens is 417 g/mol. The molecule has 0 bridgehead atoms. The van der Waals surface area contributed by atoms with Gasteiger partial charge in [-0.25, -0.2) is 19.3 Å². The van der Waals surface area contributed by atoms with Gasteiger partial charge in [-0.1, -0.05) is 0 Å². The Morgan fingerprint density at radius 3 is 2.87 bits per heavy atom. The third kappa shape index (κ3) is 3.87. The van der Waals surface area contributed by atoms with Gasteiger partial charge in [0.2, 0.25) is 0 Å². The molecule has 8 nitrogen and oxygen atoms in total. The first-order valence-corrected chi connectivity index (χ1v) is 9.92. The van der Waals surface area contributed by atoms with Crippen LogP contribution in [0.5, 0.6) is 5.75 Å². The van der Waals surface area contributed by atoms with Crippen molar-refractivity contribution in [2.75, 3.05) is 11.9 Å². The number of thiol groups is 1. The standard InChI is InChI=1S/C21H18FN7OS/c1-3-30-19-15(11(2)29-21-18-20(26-9-25-18)27-10-28-21)5-12(6-23)17(22)16(19)13-4-14(31)8-24-7-13/h4-5,7-11,31H,3H2,1-2H3,(H2,25,26,27,28,29). The van der Waals surface area contributed by atoms with Gasteiger partial charge in [0.1, 0.15) is 23.7 Å². The monoisotopic (exact) mass is 435 g/mol. The molecule has 0 aliphatic rings. The number of aromatic nitrogens is 5. The van der Waals surface area contributed by atoms with E-state index < -0.39 is 11.9 Å². The van der Waals surface area contributed by atoms with Gasteiger partial charge in [-0.3, -0.25) is 4.98 Å². The zero-order valence-corrected chi connectivity index (χ0v) is 17.6. The summed E-state index contributed by atoms with van der Waals surface area (Å²) in [7, 11) is 0. The highest BCUT2D eigenvalue weighted by Gasteiger charge is 2.25. The smallest absolute Gasteiger partial charge is 0.162 e. The molecule has 31 heavy (non-hydrogen) atoms. The molecule has 0 saturated heterocycles. The Morgan fingerprint density at radius 2 is 2.13 bits per heavy atom. The summed E-state index contributed by atoms with van der Waals surface area (Å²) in [6.07, 6.45) is 6.01. The summed E-state index contributed by atoms with van der Waals surface area (Å²) < 4.78 is 21.2. The number of ether oxygens (including phenoxy) is 1. The van der Waals surface area contributed by atoms with E-state index >= 15 is 4.39 Å². The molecule has 2 N–H and O–H groups in total. The zero-order valence-electron chi connectivity index (χ0n) is 16.7. The van der Waals surface area contributed by atoms with Crippen LogP contribution in [0.1, 0.15) is 31.0 Å². The number of pyridine rings is 1. The third-order valence-corrected chi connectivity index (χ3v) is 4.95. The van der Waals surface area contributed by atoms with Crippen molar-refractivity contribution in [3.63, 3.8) is 0 Å². The van der Waals surface area contributed by atoms with Gasteiger partial charge in [-0.15, -0.1) is 12.6 Å². The average Bonchev–Trinajstić information content (AvgIpc) is 3.24. The van der Waals surface area contributed by atoms with E-state index in [0.29, 0.717) is 45.4 Å². The maximum absolute atomic E-state index is 15.3. The highest BCUT2D eigenvalue weighted by molar-refractivity contribution is 7.80. The number of hydrogen-bond acceptors (Lipinski definition) is 8. The second-order valence-electron chi connectivity index (χ2n) is 6.70. The van der Waals surface area contributed by atoms with E-state index in [1.807, 2.05) is 19.9 Å². The summed E-state index contributed by atoms with van der Waals surface area (Å²) >= 11 is 4.31. The van der Waals surface area contributed by atoms with Crippen molar-refractivity contribution in [2.24, 2.45) is 0 Å². The first-order chi connectivity index (χ1) is 15.0. The average molecular weight is 435 g/mol. The minimum Gasteiger partial charge on any atom is -0.493 e. The van der Waals surface area contributed by atoms with Crippen LogP contribution in [0.25, 0.3) is 22.3 Å². The molecule has 0 aliphatic heterocycles. The van der Waals surface area contributed by atoms with Crippen LogP contribution < -0.4 is 10.1 Å². The van der Waals surface area contributed by atoms with Gasteiger partial charge in [0.05, 0.1) is 30.1 Å². The number of fused-ring (bicyclic) bond motifs is 1. The zero-order chi connectivity index (χ0) is 22.0. The predicted molar refractivity (Wildman–Crippen MR) is 116 cm³/mol. The number of H-pyrrole nitrogens is 1. The van der Waals surface area contributed by atoms with E-state index in [-0.39, 0.29) is 11.1 Å². The first-order valence-electron chi connectivity index (χ1n) is 9.47. The lowest BCUT2D eigenvalue weighted by Crippen LogP contribution is -2.13. The molecule has 0 saturated carbocycles. The van der Waals surface area contributed by atoms with Gasteiger partial charge in [0, 0.05) is 28.4 Å². The number of rotatable bonds is 6. The second-order valence-corrected chi connectivity index (χ2v) is 7.21. The maximum atomic E-state index is 15.3. The lowest BCUT2D eigenvalue weighted by Gasteiger charge is -2.22. The van der Waals surface area contributed by atoms with Crippen LogP contribution in [0, 0.1) is 17.1 Å². The Bertz CT molecular complexity index is 1300. The van der Waals surface area contributed by atoms with Crippen LogP contribution >= 0.6 is 12.6 Å². The minimum atomic E-state index is -0.667. The Balaban J connectivity index is 1.87. The lowest BCUT2D eigenvalue weighted by atomic mass is 9.95. The van der Waals surface area contributed by atoms with Crippen LogP contribution in [0.3, 0.4) is 0 Å². The van der Waals surface area contributed by atoms with Crippen LogP contribution in [0.15, 0.2) is 42.1 Å². The minimum absolute atomic E-state index is 0.0979. The van der Waals surface area contributed by atoms with Crippen molar-refractivity contribution in [1.29, 1.82) is 5.26 Å².